The fourth-order valence-electron chi connectivity index (χ4n) is 2.47. The van der Waals surface area contributed by atoms with Crippen LogP contribution in [-0.2, 0) is 4.79 Å². The zero-order chi connectivity index (χ0) is 19.2. The molecule has 0 radical (unpaired) electrons. The van der Waals surface area contributed by atoms with Crippen molar-refractivity contribution in [3.8, 4) is 11.5 Å². The third-order valence-electron chi connectivity index (χ3n) is 3.76. The average molecular weight is 381 g/mol. The van der Waals surface area contributed by atoms with E-state index in [4.69, 9.17) is 9.47 Å². The number of carbonyl (C=O) groups excluding carboxylic acids is 2. The Hall–Kier alpha value is -3.12. The smallest absolute Gasteiger partial charge is 0.349 e. The largest absolute Gasteiger partial charge is 0.482 e. The molecule has 0 saturated heterocycles. The van der Waals surface area contributed by atoms with E-state index >= 15 is 0 Å². The number of thiophene rings is 1. The maximum absolute atomic E-state index is 12.0. The van der Waals surface area contributed by atoms with Crippen LogP contribution in [0.4, 0.5) is 5.69 Å². The van der Waals surface area contributed by atoms with E-state index in [2.05, 4.69) is 5.32 Å². The molecule has 0 atom stereocenters. The molecule has 0 unspecified atom stereocenters. The molecule has 3 aromatic rings. The zero-order valence-electron chi connectivity index (χ0n) is 15.0. The summed E-state index contributed by atoms with van der Waals surface area (Å²) >= 11 is 1.37. The normalized spacial score (nSPS) is 10.3. The van der Waals surface area contributed by atoms with Crippen LogP contribution in [0.2, 0.25) is 0 Å². The van der Waals surface area contributed by atoms with Gasteiger partial charge in [-0.15, -0.1) is 11.3 Å². The predicted molar refractivity (Wildman–Crippen MR) is 106 cm³/mol. The fraction of sp³-hybridized carbons (Fsp3) is 0.143. The molecule has 0 aliphatic rings. The molecule has 27 heavy (non-hydrogen) atoms. The van der Waals surface area contributed by atoms with Crippen LogP contribution in [0.15, 0.2) is 60.0 Å². The van der Waals surface area contributed by atoms with Crippen molar-refractivity contribution in [1.29, 1.82) is 0 Å². The molecule has 1 heterocycles. The number of benzene rings is 2. The highest BCUT2D eigenvalue weighted by atomic mass is 32.1. The van der Waals surface area contributed by atoms with E-state index in [1.165, 1.54) is 11.3 Å². The minimum Gasteiger partial charge on any atom is -0.482 e. The summed E-state index contributed by atoms with van der Waals surface area (Å²) in [6.45, 7) is 3.75. The Bertz CT molecular complexity index is 933. The summed E-state index contributed by atoms with van der Waals surface area (Å²) < 4.78 is 10.8. The molecule has 1 N–H and O–H groups in total. The van der Waals surface area contributed by atoms with Gasteiger partial charge in [0, 0.05) is 5.69 Å². The SMILES string of the molecule is Cc1ccc(OCC(=O)Oc2ccc(NC(=O)c3cccs3)cc2)c(C)c1. The van der Waals surface area contributed by atoms with Gasteiger partial charge >= 0.3 is 5.97 Å². The lowest BCUT2D eigenvalue weighted by Crippen LogP contribution is -2.18. The molecule has 6 heteroatoms. The first-order valence-electron chi connectivity index (χ1n) is 8.37. The van der Waals surface area contributed by atoms with Crippen molar-refractivity contribution in [2.75, 3.05) is 11.9 Å². The molecule has 0 fully saturated rings. The van der Waals surface area contributed by atoms with Crippen molar-refractivity contribution < 1.29 is 19.1 Å². The lowest BCUT2D eigenvalue weighted by Gasteiger charge is -2.10. The summed E-state index contributed by atoms with van der Waals surface area (Å²) in [5, 5.41) is 4.63. The zero-order valence-corrected chi connectivity index (χ0v) is 15.8. The maximum Gasteiger partial charge on any atom is 0.349 e. The topological polar surface area (TPSA) is 64.6 Å². The Morgan fingerprint density at radius 3 is 2.48 bits per heavy atom. The van der Waals surface area contributed by atoms with Gasteiger partial charge in [0.15, 0.2) is 6.61 Å². The van der Waals surface area contributed by atoms with Crippen molar-refractivity contribution >= 4 is 28.9 Å². The molecule has 3 rings (SSSR count). The van der Waals surface area contributed by atoms with Crippen LogP contribution in [0.1, 0.15) is 20.8 Å². The van der Waals surface area contributed by atoms with Crippen LogP contribution < -0.4 is 14.8 Å². The molecule has 0 aliphatic carbocycles. The van der Waals surface area contributed by atoms with E-state index in [1.54, 1.807) is 30.3 Å². The van der Waals surface area contributed by atoms with Gasteiger partial charge in [0.25, 0.3) is 5.91 Å². The Morgan fingerprint density at radius 2 is 1.81 bits per heavy atom. The first-order chi connectivity index (χ1) is 13.0. The lowest BCUT2D eigenvalue weighted by molar-refractivity contribution is -0.136. The summed E-state index contributed by atoms with van der Waals surface area (Å²) in [5.41, 5.74) is 2.72. The molecule has 1 aromatic heterocycles. The van der Waals surface area contributed by atoms with Gasteiger partial charge in [-0.2, -0.15) is 0 Å². The third-order valence-corrected chi connectivity index (χ3v) is 4.63. The Labute approximate surface area is 161 Å². The van der Waals surface area contributed by atoms with E-state index in [9.17, 15) is 9.59 Å². The van der Waals surface area contributed by atoms with Crippen molar-refractivity contribution in [3.63, 3.8) is 0 Å². The molecule has 0 aliphatic heterocycles. The fourth-order valence-corrected chi connectivity index (χ4v) is 3.08. The van der Waals surface area contributed by atoms with Crippen LogP contribution in [0.3, 0.4) is 0 Å². The number of rotatable bonds is 6. The number of amides is 1. The van der Waals surface area contributed by atoms with Crippen molar-refractivity contribution in [3.05, 3.63) is 76.0 Å². The van der Waals surface area contributed by atoms with Gasteiger partial charge in [0.1, 0.15) is 11.5 Å². The number of hydrogen-bond donors (Lipinski definition) is 1. The summed E-state index contributed by atoms with van der Waals surface area (Å²) in [6.07, 6.45) is 0. The standard InChI is InChI=1S/C21H19NO4S/c1-14-5-10-18(15(2)12-14)25-13-20(23)26-17-8-6-16(7-9-17)22-21(24)19-4-3-11-27-19/h3-12H,13H2,1-2H3,(H,22,24). The van der Waals surface area contributed by atoms with Gasteiger partial charge in [-0.25, -0.2) is 4.79 Å². The Morgan fingerprint density at radius 1 is 1.04 bits per heavy atom. The highest BCUT2D eigenvalue weighted by Gasteiger charge is 2.09. The van der Waals surface area contributed by atoms with Gasteiger partial charge in [-0.3, -0.25) is 4.79 Å². The number of carbonyl (C=O) groups is 2. The molecule has 138 valence electrons. The quantitative estimate of drug-likeness (QED) is 0.501. The average Bonchev–Trinajstić information content (AvgIpc) is 3.17. The van der Waals surface area contributed by atoms with E-state index in [-0.39, 0.29) is 12.5 Å². The summed E-state index contributed by atoms with van der Waals surface area (Å²) in [5.74, 6) is 0.379. The molecule has 0 bridgehead atoms. The van der Waals surface area contributed by atoms with E-state index in [0.717, 1.165) is 11.1 Å². The first kappa shape index (κ1) is 18.7. The Kier molecular flexibility index (Phi) is 5.88. The number of hydrogen-bond acceptors (Lipinski definition) is 5. The molecular formula is C21H19NO4S. The summed E-state index contributed by atoms with van der Waals surface area (Å²) in [4.78, 5) is 24.6. The van der Waals surface area contributed by atoms with Crippen LogP contribution >= 0.6 is 11.3 Å². The van der Waals surface area contributed by atoms with Gasteiger partial charge in [0.05, 0.1) is 4.88 Å². The maximum atomic E-state index is 12.0. The monoisotopic (exact) mass is 381 g/mol. The van der Waals surface area contributed by atoms with Gasteiger partial charge in [0.2, 0.25) is 0 Å². The number of aryl methyl sites for hydroxylation is 2. The van der Waals surface area contributed by atoms with E-state index < -0.39 is 5.97 Å². The van der Waals surface area contributed by atoms with Gasteiger partial charge < -0.3 is 14.8 Å². The molecule has 2 aromatic carbocycles. The molecular weight excluding hydrogens is 362 g/mol. The lowest BCUT2D eigenvalue weighted by atomic mass is 10.1. The van der Waals surface area contributed by atoms with E-state index in [0.29, 0.717) is 22.1 Å². The van der Waals surface area contributed by atoms with Crippen molar-refractivity contribution in [1.82, 2.24) is 0 Å². The van der Waals surface area contributed by atoms with Crippen LogP contribution in [-0.4, -0.2) is 18.5 Å². The number of ether oxygens (including phenoxy) is 2. The minimum absolute atomic E-state index is 0.170. The molecule has 5 nitrogen and oxygen atoms in total. The number of anilines is 1. The Balaban J connectivity index is 1.51. The highest BCUT2D eigenvalue weighted by Crippen LogP contribution is 2.20. The second kappa shape index (κ2) is 8.51. The summed E-state index contributed by atoms with van der Waals surface area (Å²) in [6, 6.07) is 15.9. The highest BCUT2D eigenvalue weighted by molar-refractivity contribution is 7.12. The van der Waals surface area contributed by atoms with Crippen LogP contribution in [0.25, 0.3) is 0 Å². The molecule has 1 amide bonds. The predicted octanol–water partition coefficient (Wildman–Crippen LogP) is 4.60. The summed E-state index contributed by atoms with van der Waals surface area (Å²) in [7, 11) is 0. The van der Waals surface area contributed by atoms with Crippen LogP contribution in [0.5, 0.6) is 11.5 Å². The van der Waals surface area contributed by atoms with E-state index in [1.807, 2.05) is 43.5 Å². The number of esters is 1. The van der Waals surface area contributed by atoms with Crippen LogP contribution in [0, 0.1) is 13.8 Å². The second-order valence-corrected chi connectivity index (χ2v) is 6.94. The second-order valence-electron chi connectivity index (χ2n) is 5.99. The number of nitrogens with one attached hydrogen (secondary N) is 1. The first-order valence-corrected chi connectivity index (χ1v) is 9.25. The molecule has 0 spiro atoms. The molecule has 0 saturated carbocycles. The van der Waals surface area contributed by atoms with Gasteiger partial charge in [-0.1, -0.05) is 23.8 Å². The third kappa shape index (κ3) is 5.18. The van der Waals surface area contributed by atoms with Crippen molar-refractivity contribution in [2.24, 2.45) is 0 Å². The van der Waals surface area contributed by atoms with Crippen molar-refractivity contribution in [2.45, 2.75) is 13.8 Å². The minimum atomic E-state index is -0.495. The van der Waals surface area contributed by atoms with Gasteiger partial charge in [-0.05, 0) is 61.2 Å².